The van der Waals surface area contributed by atoms with E-state index in [2.05, 4.69) is 340 Å². The van der Waals surface area contributed by atoms with Crippen molar-refractivity contribution in [3.05, 3.63) is 290 Å². The van der Waals surface area contributed by atoms with Gasteiger partial charge in [0.05, 0.1) is 27.8 Å². The second-order valence-electron chi connectivity index (χ2n) is 27.9. The van der Waals surface area contributed by atoms with Gasteiger partial charge in [-0.1, -0.05) is 242 Å². The van der Waals surface area contributed by atoms with Gasteiger partial charge in [-0.15, -0.1) is 0 Å². The molecule has 0 aliphatic carbocycles. The summed E-state index contributed by atoms with van der Waals surface area (Å²) in [6, 6.07) is 104. The molecule has 0 saturated carbocycles. The molecule has 0 fully saturated rings. The van der Waals surface area contributed by atoms with E-state index in [1.54, 1.807) is 0 Å². The molecule has 15 aromatic rings. The van der Waals surface area contributed by atoms with Gasteiger partial charge in [0.15, 0.2) is 0 Å². The maximum absolute atomic E-state index is 7.29. The van der Waals surface area contributed by atoms with E-state index in [0.29, 0.717) is 0 Å². The third-order valence-corrected chi connectivity index (χ3v) is 20.5. The molecule has 0 amide bonds. The van der Waals surface area contributed by atoms with Gasteiger partial charge in [0.25, 0.3) is 13.4 Å². The first kappa shape index (κ1) is 54.5. The average Bonchev–Trinajstić information content (AvgIpc) is 0.962. The lowest BCUT2D eigenvalue weighted by molar-refractivity contribution is 0.590. The summed E-state index contributed by atoms with van der Waals surface area (Å²) in [5.74, 6) is 0. The lowest BCUT2D eigenvalue weighted by atomic mass is 9.30. The van der Waals surface area contributed by atoms with E-state index in [-0.39, 0.29) is 24.3 Å². The minimum absolute atomic E-state index is 0.0429. The highest BCUT2D eigenvalue weighted by molar-refractivity contribution is 7.03. The van der Waals surface area contributed by atoms with Crippen LogP contribution in [0.4, 0.5) is 68.2 Å². The summed E-state index contributed by atoms with van der Waals surface area (Å²) in [5.41, 5.74) is 31.0. The molecule has 6 heterocycles. The Hall–Kier alpha value is -11.2. The summed E-state index contributed by atoms with van der Waals surface area (Å²) >= 11 is 0. The monoisotopic (exact) mass is 1210 g/mol. The lowest BCUT2D eigenvalue weighted by Crippen LogP contribution is -2.65. The average molecular weight is 1210 g/mol. The second-order valence-corrected chi connectivity index (χ2v) is 27.9. The van der Waals surface area contributed by atoms with Crippen molar-refractivity contribution in [2.45, 2.75) is 52.4 Å². The molecule has 19 rings (SSSR count). The fourth-order valence-electron chi connectivity index (χ4n) is 16.3. The van der Waals surface area contributed by atoms with Gasteiger partial charge < -0.3 is 28.4 Å². The van der Waals surface area contributed by atoms with E-state index in [1.807, 2.05) is 0 Å². The molecule has 4 aliphatic heterocycles. The second kappa shape index (κ2) is 20.1. The first-order valence-electron chi connectivity index (χ1n) is 33.0. The van der Waals surface area contributed by atoms with Crippen LogP contribution >= 0.6 is 0 Å². The highest BCUT2D eigenvalue weighted by Gasteiger charge is 2.50. The largest absolute Gasteiger partial charge is 0.456 e. The van der Waals surface area contributed by atoms with Gasteiger partial charge in [0.2, 0.25) is 0 Å². The number of fused-ring (bicyclic) bond motifs is 16. The van der Waals surface area contributed by atoms with Gasteiger partial charge in [-0.05, 0) is 133 Å². The maximum Gasteiger partial charge on any atom is 0.252 e. The maximum atomic E-state index is 7.29. The van der Waals surface area contributed by atoms with Crippen molar-refractivity contribution in [3.8, 4) is 22.3 Å². The molecule has 6 nitrogen and oxygen atoms in total. The Morgan fingerprint density at radius 3 is 1.11 bits per heavy atom. The highest BCUT2D eigenvalue weighted by Crippen LogP contribution is 2.56. The molecule has 0 unspecified atom stereocenters. The number of benzene rings is 13. The minimum atomic E-state index is -0.241. The number of para-hydroxylation sites is 8. The molecule has 0 spiro atoms. The number of hydrogen-bond acceptors (Lipinski definition) is 6. The van der Waals surface area contributed by atoms with Crippen molar-refractivity contribution in [2.24, 2.45) is 0 Å². The Balaban J connectivity index is 0.998. The topological polar surface area (TPSA) is 39.2 Å². The summed E-state index contributed by atoms with van der Waals surface area (Å²) in [6.45, 7) is 13.3. The van der Waals surface area contributed by atoms with Crippen molar-refractivity contribution >= 4 is 158 Å². The lowest BCUT2D eigenvalue weighted by Gasteiger charge is -2.47. The van der Waals surface area contributed by atoms with Crippen LogP contribution in [0, 0.1) is 0 Å². The quantitative estimate of drug-likeness (QED) is 0.155. The van der Waals surface area contributed by atoms with Crippen molar-refractivity contribution in [2.75, 3.05) is 19.6 Å². The van der Waals surface area contributed by atoms with Gasteiger partial charge in [-0.3, -0.25) is 0 Å². The van der Waals surface area contributed by atoms with Gasteiger partial charge in [0.1, 0.15) is 22.3 Å². The van der Waals surface area contributed by atoms with Crippen LogP contribution in [0.25, 0.3) is 66.1 Å². The van der Waals surface area contributed by atoms with Gasteiger partial charge >= 0.3 is 0 Å². The van der Waals surface area contributed by atoms with Crippen molar-refractivity contribution in [3.63, 3.8) is 0 Å². The smallest absolute Gasteiger partial charge is 0.252 e. The fraction of sp³-hybridized carbons (Fsp3) is 0.0930. The number of anilines is 12. The van der Waals surface area contributed by atoms with Crippen LogP contribution in [0.2, 0.25) is 0 Å². The molecular weight excluding hydrogens is 1140 g/mol. The zero-order valence-electron chi connectivity index (χ0n) is 53.3. The SMILES string of the molecule is CC(C)(C)c1ccc(-c2cccc(-c3ccc(C(C)(C)C)cc3)c2N2c3cc4c(cc3B3c5ccccc5N(c5ccccc5)c5c3c2cc2oc3ccccc3c52)B2c3ccccc3N(c3ccccc3)c3c2c(cc2oc5ccccc5c32)N4c2ccccc2)cc1. The first-order valence-corrected chi connectivity index (χ1v) is 33.0. The van der Waals surface area contributed by atoms with E-state index < -0.39 is 0 Å². The van der Waals surface area contributed by atoms with Crippen LogP contribution in [0.3, 0.4) is 0 Å². The fourth-order valence-corrected chi connectivity index (χ4v) is 16.3. The summed E-state index contributed by atoms with van der Waals surface area (Å²) < 4.78 is 14.4. The zero-order chi connectivity index (χ0) is 62.9. The Kier molecular flexibility index (Phi) is 11.7. The third-order valence-electron chi connectivity index (χ3n) is 20.5. The van der Waals surface area contributed by atoms with Crippen LogP contribution in [-0.4, -0.2) is 13.4 Å². The number of furan rings is 2. The highest BCUT2D eigenvalue weighted by atomic mass is 16.3. The molecule has 8 heteroatoms. The van der Waals surface area contributed by atoms with Crippen LogP contribution in [0.15, 0.2) is 288 Å². The van der Waals surface area contributed by atoms with Crippen LogP contribution in [0.1, 0.15) is 52.7 Å². The molecule has 13 aromatic carbocycles. The number of nitrogens with zero attached hydrogens (tertiary/aromatic N) is 4. The van der Waals surface area contributed by atoms with Gasteiger partial charge in [-0.2, -0.15) is 0 Å². The van der Waals surface area contributed by atoms with E-state index in [9.17, 15) is 0 Å². The molecule has 446 valence electrons. The molecule has 0 bridgehead atoms. The normalized spacial score (nSPS) is 13.7. The minimum Gasteiger partial charge on any atom is -0.456 e. The standard InChI is InChI=1S/C86H64B2N4O2/c1-85(2,3)55-45-41-53(42-46-55)60-33-24-34-61(54-43-47-56(48-44-54)86(4,5)6)82(60)92-71-50-70-66(49-67(71)88-65-36-19-21-38-69(65)91(59-29-14-9-15-30-59)84-79-63-32-17-23-40-75(63)94-77(79)52-73(92)81(84)88)87-64-35-18-20-37-68(64)90(58-27-12-8-13-28-58)83-78-62-31-16-22-39-74(62)93-76(78)51-72(80(83)87)89(70)57-25-10-7-11-26-57/h7-52H,1-6H3. The van der Waals surface area contributed by atoms with Crippen LogP contribution < -0.4 is 52.4 Å². The van der Waals surface area contributed by atoms with E-state index in [4.69, 9.17) is 8.83 Å². The van der Waals surface area contributed by atoms with Gasteiger partial charge in [-0.25, -0.2) is 0 Å². The molecule has 0 radical (unpaired) electrons. The van der Waals surface area contributed by atoms with Crippen molar-refractivity contribution in [1.82, 2.24) is 0 Å². The Morgan fingerprint density at radius 2 is 0.660 bits per heavy atom. The summed E-state index contributed by atoms with van der Waals surface area (Å²) in [7, 11) is 0. The molecule has 0 N–H and O–H groups in total. The molecular formula is C86H64B2N4O2. The molecule has 94 heavy (non-hydrogen) atoms. The van der Waals surface area contributed by atoms with Crippen LogP contribution in [-0.2, 0) is 10.8 Å². The Bertz CT molecular complexity index is 5540. The third kappa shape index (κ3) is 7.92. The molecule has 2 aromatic heterocycles. The van der Waals surface area contributed by atoms with E-state index in [0.717, 1.165) is 134 Å². The number of rotatable bonds is 6. The predicted octanol–water partition coefficient (Wildman–Crippen LogP) is 19.6. The van der Waals surface area contributed by atoms with Crippen molar-refractivity contribution in [1.29, 1.82) is 0 Å². The Labute approximate surface area is 548 Å². The molecule has 0 saturated heterocycles. The Morgan fingerprint density at radius 1 is 0.277 bits per heavy atom. The zero-order valence-corrected chi connectivity index (χ0v) is 53.3. The van der Waals surface area contributed by atoms with Crippen molar-refractivity contribution < 1.29 is 8.83 Å². The summed E-state index contributed by atoms with van der Waals surface area (Å²) in [5, 5.41) is 4.37. The number of hydrogen-bond donors (Lipinski definition) is 0. The molecule has 4 aliphatic rings. The summed E-state index contributed by atoms with van der Waals surface area (Å²) in [6.07, 6.45) is 0. The first-order chi connectivity index (χ1) is 45.9. The van der Waals surface area contributed by atoms with E-state index >= 15 is 0 Å². The van der Waals surface area contributed by atoms with Crippen LogP contribution in [0.5, 0.6) is 0 Å². The van der Waals surface area contributed by atoms with E-state index in [1.165, 1.54) is 43.9 Å². The molecule has 0 atom stereocenters. The summed E-state index contributed by atoms with van der Waals surface area (Å²) in [4.78, 5) is 10.3. The van der Waals surface area contributed by atoms with Gasteiger partial charge in [0, 0.05) is 85.2 Å². The predicted molar refractivity (Wildman–Crippen MR) is 397 cm³/mol.